The van der Waals surface area contributed by atoms with Gasteiger partial charge in [0, 0.05) is 5.34 Å². The van der Waals surface area contributed by atoms with Crippen LogP contribution in [0.15, 0.2) is 0 Å². The van der Waals surface area contributed by atoms with Gasteiger partial charge in [-0.15, -0.1) is 17.0 Å². The molecule has 0 aliphatic heterocycles. The number of hydrogen-bond donors (Lipinski definition) is 1. The molecule has 0 aromatic rings. The minimum atomic E-state index is 0. The number of hydrogen-bond acceptors (Lipinski definition) is 2. The van der Waals surface area contributed by atoms with E-state index in [0.717, 1.165) is 0 Å². The molecule has 0 fully saturated rings. The topological polar surface area (TPSA) is 54.1 Å². The molecule has 6 heavy (non-hydrogen) atoms. The number of nitrogens with one attached hydrogen (secondary N) is 1. The van der Waals surface area contributed by atoms with Gasteiger partial charge in [0.1, 0.15) is 0 Å². The normalized spacial score (nSPS) is 2.00. The van der Waals surface area contributed by atoms with Gasteiger partial charge in [0.2, 0.25) is 0 Å². The van der Waals surface area contributed by atoms with E-state index >= 15 is 0 Å². The van der Waals surface area contributed by atoms with Crippen LogP contribution in [0.2, 0.25) is 0 Å². The Labute approximate surface area is 90.2 Å². The zero-order chi connectivity index (χ0) is 2.71. The summed E-state index contributed by atoms with van der Waals surface area (Å²) in [5, 5.41) is 8.38. The Morgan fingerprint density at radius 3 is 1.33 bits per heavy atom. The Kier molecular flexibility index (Phi) is 118. The molecule has 0 amide bonds. The van der Waals surface area contributed by atoms with E-state index in [4.69, 9.17) is 10.1 Å². The molecule has 0 radical (unpaired) electrons. The first kappa shape index (κ1) is 24.8. The molecule has 0 atom stereocenters. The summed E-state index contributed by atoms with van der Waals surface area (Å²) in [6, 6.07) is 0. The van der Waals surface area contributed by atoms with Crippen LogP contribution >= 0.6 is 17.0 Å². The van der Waals surface area contributed by atoms with Gasteiger partial charge in [0.05, 0.1) is 0 Å². The molecule has 0 saturated heterocycles. The standard InChI is InChI=1S/BrH.HNO2.2Na.2H/c;2-1-3;;;;/h1H;1H;;;;. The Morgan fingerprint density at radius 2 is 1.33 bits per heavy atom. The summed E-state index contributed by atoms with van der Waals surface area (Å²) >= 11 is 0. The van der Waals surface area contributed by atoms with Crippen molar-refractivity contribution >= 4 is 76.1 Å². The SMILES string of the molecule is Br.O=[NH+][O-].[NaH].[NaH]. The van der Waals surface area contributed by atoms with Gasteiger partial charge in [0.25, 0.3) is 0 Å². The molecule has 0 saturated carbocycles. The van der Waals surface area contributed by atoms with Crippen LogP contribution in [0.3, 0.4) is 0 Å². The number of halogens is 1. The maximum absolute atomic E-state index is 8.12. The zero-order valence-corrected chi connectivity index (χ0v) is 3.44. The van der Waals surface area contributed by atoms with Crippen LogP contribution in [0.1, 0.15) is 0 Å². The van der Waals surface area contributed by atoms with Crippen LogP contribution in [0, 0.1) is 10.1 Å². The van der Waals surface area contributed by atoms with Crippen molar-refractivity contribution in [1.82, 2.24) is 0 Å². The molecule has 0 aromatic heterocycles. The predicted octanol–water partition coefficient (Wildman–Crippen LogP) is -2.39. The van der Waals surface area contributed by atoms with Gasteiger partial charge in [-0.25, -0.2) is 0 Å². The van der Waals surface area contributed by atoms with Crippen LogP contribution in [-0.2, 0) is 0 Å². The first-order valence-electron chi connectivity index (χ1n) is 0.408. The van der Waals surface area contributed by atoms with E-state index in [-0.39, 0.29) is 81.4 Å². The summed E-state index contributed by atoms with van der Waals surface area (Å²) in [4.78, 5) is 8.12. The van der Waals surface area contributed by atoms with Crippen molar-refractivity contribution in [3.05, 3.63) is 10.1 Å². The Bertz CT molecular complexity index is 19.0. The molecule has 0 aliphatic rings. The fourth-order valence-electron chi connectivity index (χ4n) is 0. The van der Waals surface area contributed by atoms with E-state index in [1.807, 2.05) is 0 Å². The van der Waals surface area contributed by atoms with Gasteiger partial charge >= 0.3 is 59.1 Å². The second kappa shape index (κ2) is 28.7. The zero-order valence-electron chi connectivity index (χ0n) is 1.72. The summed E-state index contributed by atoms with van der Waals surface area (Å²) in [5.74, 6) is 0. The van der Waals surface area contributed by atoms with Crippen molar-refractivity contribution in [3.63, 3.8) is 0 Å². The van der Waals surface area contributed by atoms with Crippen molar-refractivity contribution in [2.24, 2.45) is 0 Å². The summed E-state index contributed by atoms with van der Waals surface area (Å²) in [7, 11) is 0. The first-order valence-corrected chi connectivity index (χ1v) is 0.408. The third-order valence-corrected chi connectivity index (χ3v) is 0. The summed E-state index contributed by atoms with van der Waals surface area (Å²) in [6.07, 6.45) is 0. The average molecular weight is 176 g/mol. The second-order valence-electron chi connectivity index (χ2n) is 0.0833. The van der Waals surface area contributed by atoms with Crippen LogP contribution in [0.25, 0.3) is 0 Å². The fourth-order valence-corrected chi connectivity index (χ4v) is 0. The molecule has 0 unspecified atom stereocenters. The van der Waals surface area contributed by atoms with Crippen molar-refractivity contribution in [3.8, 4) is 0 Å². The van der Waals surface area contributed by atoms with Crippen molar-refractivity contribution in [2.45, 2.75) is 0 Å². The van der Waals surface area contributed by atoms with Gasteiger partial charge < -0.3 is 0 Å². The van der Waals surface area contributed by atoms with Crippen molar-refractivity contribution < 1.29 is 5.34 Å². The van der Waals surface area contributed by atoms with E-state index in [1.54, 1.807) is 0 Å². The average Bonchev–Trinajstić information content (AvgIpc) is 0.918. The molecule has 6 heteroatoms. The third-order valence-electron chi connectivity index (χ3n) is 0. The molecule has 0 heterocycles. The maximum atomic E-state index is 8.12. The van der Waals surface area contributed by atoms with Gasteiger partial charge in [0.15, 0.2) is 0 Å². The van der Waals surface area contributed by atoms with Gasteiger partial charge in [-0.1, -0.05) is 0 Å². The number of rotatable bonds is 0. The molecule has 30 valence electrons. The fraction of sp³-hybridized carbons (Fsp3) is 0. The Morgan fingerprint density at radius 1 is 1.33 bits per heavy atom. The van der Waals surface area contributed by atoms with Crippen LogP contribution in [0.5, 0.6) is 0 Å². The van der Waals surface area contributed by atoms with E-state index in [9.17, 15) is 0 Å². The monoisotopic (exact) mass is 175 g/mol. The van der Waals surface area contributed by atoms with Gasteiger partial charge in [-0.3, -0.25) is 10.1 Å². The van der Waals surface area contributed by atoms with E-state index in [2.05, 4.69) is 0 Å². The second-order valence-corrected chi connectivity index (χ2v) is 0.0833. The predicted molar refractivity (Wildman–Crippen MR) is 32.3 cm³/mol. The summed E-state index contributed by atoms with van der Waals surface area (Å²) < 4.78 is 0. The van der Waals surface area contributed by atoms with E-state index in [0.29, 0.717) is 0 Å². The molecule has 0 aromatic carbocycles. The van der Waals surface area contributed by atoms with Crippen LogP contribution < -0.4 is 5.34 Å². The first-order chi connectivity index (χ1) is 1.41. The molecular formula is H4BrNNa2O2. The van der Waals surface area contributed by atoms with Crippen molar-refractivity contribution in [2.75, 3.05) is 0 Å². The van der Waals surface area contributed by atoms with E-state index in [1.165, 1.54) is 0 Å². The molecule has 0 bridgehead atoms. The Balaban J connectivity index is -0.00000000667. The molecule has 0 aliphatic carbocycles. The molecule has 3 nitrogen and oxygen atoms in total. The molecule has 0 rings (SSSR count). The minimum absolute atomic E-state index is 0. The Hall–Kier alpha value is 1.88. The molecule has 1 N–H and O–H groups in total. The molecular weight excluding hydrogens is 172 g/mol. The summed E-state index contributed by atoms with van der Waals surface area (Å²) in [6.45, 7) is 0. The van der Waals surface area contributed by atoms with Gasteiger partial charge in [-0.2, -0.15) is 0 Å². The quantitative estimate of drug-likeness (QED) is 0.254. The van der Waals surface area contributed by atoms with Crippen molar-refractivity contribution in [1.29, 1.82) is 0 Å². The van der Waals surface area contributed by atoms with Gasteiger partial charge in [-0.05, 0) is 0 Å². The van der Waals surface area contributed by atoms with Crippen LogP contribution in [0.4, 0.5) is 0 Å². The van der Waals surface area contributed by atoms with Crippen LogP contribution in [-0.4, -0.2) is 59.1 Å². The molecule has 0 spiro atoms. The summed E-state index contributed by atoms with van der Waals surface area (Å²) in [5.41, 5.74) is 0. The third kappa shape index (κ3) is 39.6. The van der Waals surface area contributed by atoms with E-state index < -0.39 is 0 Å².